The number of fused-ring (bicyclic) bond motifs is 1. The van der Waals surface area contributed by atoms with E-state index in [4.69, 9.17) is 11.6 Å². The normalized spacial score (nSPS) is 11.5. The third-order valence-corrected chi connectivity index (χ3v) is 6.16. The first-order chi connectivity index (χ1) is 12.3. The third kappa shape index (κ3) is 3.27. The molecule has 2 N–H and O–H groups in total. The Labute approximate surface area is 156 Å². The van der Waals surface area contributed by atoms with Gasteiger partial charge in [-0.1, -0.05) is 29.8 Å². The second-order valence-corrected chi connectivity index (χ2v) is 7.98. The largest absolute Gasteiger partial charge is 0.359 e. The Balaban J connectivity index is 2.05. The van der Waals surface area contributed by atoms with Crippen LogP contribution in [0.3, 0.4) is 0 Å². The number of anilines is 2. The third-order valence-electron chi connectivity index (χ3n) is 3.96. The molecule has 3 aromatic rings. The van der Waals surface area contributed by atoms with Crippen molar-refractivity contribution in [2.24, 2.45) is 0 Å². The van der Waals surface area contributed by atoms with Crippen molar-refractivity contribution >= 4 is 49.8 Å². The van der Waals surface area contributed by atoms with Gasteiger partial charge in [0.05, 0.1) is 21.3 Å². The molecule has 0 aliphatic heterocycles. The Morgan fingerprint density at radius 2 is 1.96 bits per heavy atom. The van der Waals surface area contributed by atoms with E-state index in [1.165, 1.54) is 29.4 Å². The SMILES string of the molecule is CCN(c1c[nH]c2ccccc12)S(=O)(=O)c1ccc(NC(C)=O)c(Cl)c1. The van der Waals surface area contributed by atoms with E-state index in [0.29, 0.717) is 11.4 Å². The van der Waals surface area contributed by atoms with Crippen LogP contribution in [0.15, 0.2) is 53.6 Å². The van der Waals surface area contributed by atoms with Crippen molar-refractivity contribution in [1.82, 2.24) is 4.98 Å². The highest BCUT2D eigenvalue weighted by Crippen LogP contribution is 2.33. The molecule has 0 unspecified atom stereocenters. The summed E-state index contributed by atoms with van der Waals surface area (Å²) in [6, 6.07) is 11.8. The fourth-order valence-electron chi connectivity index (χ4n) is 2.81. The second kappa shape index (κ2) is 7.01. The number of nitrogens with one attached hydrogen (secondary N) is 2. The molecule has 0 spiro atoms. The van der Waals surface area contributed by atoms with Crippen molar-refractivity contribution in [1.29, 1.82) is 0 Å². The first-order valence-corrected chi connectivity index (χ1v) is 9.82. The molecule has 0 aliphatic carbocycles. The molecule has 1 aromatic heterocycles. The Morgan fingerprint density at radius 1 is 1.23 bits per heavy atom. The molecule has 6 nitrogen and oxygen atoms in total. The Morgan fingerprint density at radius 3 is 2.62 bits per heavy atom. The number of aromatic amines is 1. The summed E-state index contributed by atoms with van der Waals surface area (Å²) in [5.74, 6) is -0.281. The number of rotatable bonds is 5. The Kier molecular flexibility index (Phi) is 4.93. The summed E-state index contributed by atoms with van der Waals surface area (Å²) in [4.78, 5) is 14.3. The van der Waals surface area contributed by atoms with Gasteiger partial charge in [0.25, 0.3) is 10.0 Å². The number of hydrogen-bond acceptors (Lipinski definition) is 3. The summed E-state index contributed by atoms with van der Waals surface area (Å²) in [5.41, 5.74) is 1.80. The van der Waals surface area contributed by atoms with Crippen molar-refractivity contribution in [3.05, 3.63) is 53.7 Å². The molecule has 0 saturated heterocycles. The van der Waals surface area contributed by atoms with Crippen LogP contribution in [0.1, 0.15) is 13.8 Å². The molecule has 0 saturated carbocycles. The molecule has 0 bridgehead atoms. The number of hydrogen-bond donors (Lipinski definition) is 2. The standard InChI is InChI=1S/C18H18ClN3O3S/c1-3-22(18-11-20-16-7-5-4-6-14(16)18)26(24,25)13-8-9-17(15(19)10-13)21-12(2)23/h4-11,20H,3H2,1-2H3,(H,21,23). The van der Waals surface area contributed by atoms with Crippen molar-refractivity contribution in [2.75, 3.05) is 16.2 Å². The van der Waals surface area contributed by atoms with E-state index in [9.17, 15) is 13.2 Å². The quantitative estimate of drug-likeness (QED) is 0.689. The lowest BCUT2D eigenvalue weighted by atomic mass is 10.2. The number of para-hydroxylation sites is 1. The van der Waals surface area contributed by atoms with Crippen LogP contribution >= 0.6 is 11.6 Å². The van der Waals surface area contributed by atoms with Gasteiger partial charge in [0.15, 0.2) is 0 Å². The van der Waals surface area contributed by atoms with Crippen molar-refractivity contribution in [3.63, 3.8) is 0 Å². The summed E-state index contributed by atoms with van der Waals surface area (Å²) in [7, 11) is -3.82. The van der Waals surface area contributed by atoms with E-state index in [0.717, 1.165) is 10.9 Å². The number of aromatic nitrogens is 1. The van der Waals surface area contributed by atoms with E-state index in [2.05, 4.69) is 10.3 Å². The van der Waals surface area contributed by atoms with Gasteiger partial charge in [-0.25, -0.2) is 8.42 Å². The maximum atomic E-state index is 13.2. The van der Waals surface area contributed by atoms with Crippen LogP contribution in [0, 0.1) is 0 Å². The zero-order valence-corrected chi connectivity index (χ0v) is 15.9. The molecule has 26 heavy (non-hydrogen) atoms. The van der Waals surface area contributed by atoms with Gasteiger partial charge in [-0.05, 0) is 31.2 Å². The topological polar surface area (TPSA) is 82.3 Å². The summed E-state index contributed by atoms with van der Waals surface area (Å²) in [6.45, 7) is 3.39. The first-order valence-electron chi connectivity index (χ1n) is 8.00. The lowest BCUT2D eigenvalue weighted by Gasteiger charge is -2.22. The second-order valence-electron chi connectivity index (χ2n) is 5.71. The van der Waals surface area contributed by atoms with Crippen molar-refractivity contribution in [3.8, 4) is 0 Å². The number of halogens is 1. The van der Waals surface area contributed by atoms with Crippen LogP contribution in [0.25, 0.3) is 10.9 Å². The number of nitrogens with zero attached hydrogens (tertiary/aromatic N) is 1. The number of benzene rings is 2. The maximum Gasteiger partial charge on any atom is 0.264 e. The van der Waals surface area contributed by atoms with Gasteiger partial charge < -0.3 is 10.3 Å². The smallest absolute Gasteiger partial charge is 0.264 e. The van der Waals surface area contributed by atoms with Crippen LogP contribution in [-0.4, -0.2) is 25.9 Å². The lowest BCUT2D eigenvalue weighted by molar-refractivity contribution is -0.114. The minimum Gasteiger partial charge on any atom is -0.359 e. The summed E-state index contributed by atoms with van der Waals surface area (Å²) >= 11 is 6.14. The predicted molar refractivity (Wildman–Crippen MR) is 104 cm³/mol. The molecule has 1 heterocycles. The number of carbonyl (C=O) groups excluding carboxylic acids is 1. The predicted octanol–water partition coefficient (Wildman–Crippen LogP) is 3.99. The molecule has 0 fully saturated rings. The highest BCUT2D eigenvalue weighted by Gasteiger charge is 2.26. The van der Waals surface area contributed by atoms with Crippen LogP contribution in [0.2, 0.25) is 5.02 Å². The van der Waals surface area contributed by atoms with Gasteiger partial charge in [-0.3, -0.25) is 9.10 Å². The Bertz CT molecular complexity index is 1080. The maximum absolute atomic E-state index is 13.2. The summed E-state index contributed by atoms with van der Waals surface area (Å²) in [5, 5.41) is 3.54. The Hall–Kier alpha value is -2.51. The van der Waals surface area contributed by atoms with E-state index in [-0.39, 0.29) is 22.4 Å². The molecule has 136 valence electrons. The minimum atomic E-state index is -3.82. The number of carbonyl (C=O) groups is 1. The minimum absolute atomic E-state index is 0.0590. The van der Waals surface area contributed by atoms with Crippen molar-refractivity contribution < 1.29 is 13.2 Å². The molecule has 0 atom stereocenters. The van der Waals surface area contributed by atoms with E-state index >= 15 is 0 Å². The number of amides is 1. The molecule has 2 aromatic carbocycles. The van der Waals surface area contributed by atoms with Crippen molar-refractivity contribution in [2.45, 2.75) is 18.7 Å². The molecular formula is C18H18ClN3O3S. The van der Waals surface area contributed by atoms with E-state index in [1.807, 2.05) is 24.3 Å². The lowest BCUT2D eigenvalue weighted by Crippen LogP contribution is -2.30. The van der Waals surface area contributed by atoms with Gasteiger partial charge in [0, 0.05) is 30.6 Å². The van der Waals surface area contributed by atoms with Crippen LogP contribution in [0.4, 0.5) is 11.4 Å². The van der Waals surface area contributed by atoms with Gasteiger partial charge in [0.1, 0.15) is 0 Å². The van der Waals surface area contributed by atoms with Gasteiger partial charge in [0.2, 0.25) is 5.91 Å². The zero-order chi connectivity index (χ0) is 18.9. The van der Waals surface area contributed by atoms with Gasteiger partial charge in [-0.15, -0.1) is 0 Å². The molecule has 1 amide bonds. The van der Waals surface area contributed by atoms with Crippen LogP contribution < -0.4 is 9.62 Å². The number of H-pyrrole nitrogens is 1. The van der Waals surface area contributed by atoms with Gasteiger partial charge in [-0.2, -0.15) is 0 Å². The highest BCUT2D eigenvalue weighted by molar-refractivity contribution is 7.92. The highest BCUT2D eigenvalue weighted by atomic mass is 35.5. The fourth-order valence-corrected chi connectivity index (χ4v) is 4.61. The average Bonchev–Trinajstić information content (AvgIpc) is 3.01. The average molecular weight is 392 g/mol. The van der Waals surface area contributed by atoms with E-state index < -0.39 is 10.0 Å². The van der Waals surface area contributed by atoms with Gasteiger partial charge >= 0.3 is 0 Å². The van der Waals surface area contributed by atoms with Crippen LogP contribution in [-0.2, 0) is 14.8 Å². The van der Waals surface area contributed by atoms with E-state index in [1.54, 1.807) is 13.1 Å². The molecule has 8 heteroatoms. The monoisotopic (exact) mass is 391 g/mol. The molecule has 3 rings (SSSR count). The fraction of sp³-hybridized carbons (Fsp3) is 0.167. The first kappa shape index (κ1) is 18.3. The summed E-state index contributed by atoms with van der Waals surface area (Å²) < 4.78 is 27.6. The molecule has 0 aliphatic rings. The van der Waals surface area contributed by atoms with Crippen LogP contribution in [0.5, 0.6) is 0 Å². The summed E-state index contributed by atoms with van der Waals surface area (Å²) in [6.07, 6.45) is 1.68. The number of sulfonamides is 1. The molecular weight excluding hydrogens is 374 g/mol. The molecule has 0 radical (unpaired) electrons. The zero-order valence-electron chi connectivity index (χ0n) is 14.3.